The van der Waals surface area contributed by atoms with Gasteiger partial charge in [-0.15, -0.1) is 0 Å². The number of anilines is 3. The Balaban J connectivity index is 1.12. The summed E-state index contributed by atoms with van der Waals surface area (Å²) in [7, 11) is 0. The molecule has 3 aromatic carbocycles. The molecule has 3 aromatic rings. The number of nitrogens with one attached hydrogen (secondary N) is 2. The Bertz CT molecular complexity index is 1420. The molecule has 0 radical (unpaired) electrons. The topological polar surface area (TPSA) is 103 Å². The maximum Gasteiger partial charge on any atom is 0.321 e. The number of urea groups is 1. The summed E-state index contributed by atoms with van der Waals surface area (Å²) in [6, 6.07) is 20.1. The van der Waals surface area contributed by atoms with Gasteiger partial charge < -0.3 is 34.8 Å². The first kappa shape index (κ1) is 27.8. The summed E-state index contributed by atoms with van der Waals surface area (Å²) in [5, 5.41) is 5.87. The van der Waals surface area contributed by atoms with E-state index in [-0.39, 0.29) is 37.2 Å². The lowest BCUT2D eigenvalue weighted by atomic mass is 10.1. The predicted octanol–water partition coefficient (Wildman–Crippen LogP) is 4.57. The fraction of sp³-hybridized carbons (Fsp3) is 0.323. The molecule has 2 N–H and O–H groups in total. The third-order valence-corrected chi connectivity index (χ3v) is 7.17. The molecule has 10 heteroatoms. The van der Waals surface area contributed by atoms with Crippen molar-refractivity contribution < 1.29 is 23.9 Å². The molecule has 0 bridgehead atoms. The van der Waals surface area contributed by atoms with Crippen molar-refractivity contribution in [3.8, 4) is 11.5 Å². The number of carbonyl (C=O) groups excluding carboxylic acids is 3. The van der Waals surface area contributed by atoms with Gasteiger partial charge in [-0.05, 0) is 80.9 Å². The summed E-state index contributed by atoms with van der Waals surface area (Å²) in [6.07, 6.45) is 0. The summed E-state index contributed by atoms with van der Waals surface area (Å²) in [4.78, 5) is 44.3. The maximum absolute atomic E-state index is 13.2. The van der Waals surface area contributed by atoms with Crippen LogP contribution in [-0.4, -0.2) is 73.2 Å². The van der Waals surface area contributed by atoms with Crippen LogP contribution in [-0.2, 0) is 4.79 Å². The number of rotatable bonds is 7. The molecule has 214 valence electrons. The Hall–Kier alpha value is -4.73. The zero-order valence-corrected chi connectivity index (χ0v) is 23.6. The molecule has 0 aliphatic carbocycles. The fourth-order valence-corrected chi connectivity index (χ4v) is 4.89. The molecular weight excluding hydrogens is 522 g/mol. The van der Waals surface area contributed by atoms with Crippen LogP contribution in [0.4, 0.5) is 21.9 Å². The van der Waals surface area contributed by atoms with Crippen molar-refractivity contribution in [1.29, 1.82) is 0 Å². The monoisotopic (exact) mass is 557 g/mol. The minimum atomic E-state index is -0.284. The normalized spacial score (nSPS) is 14.1. The van der Waals surface area contributed by atoms with Crippen molar-refractivity contribution in [3.05, 3.63) is 77.9 Å². The molecule has 0 aromatic heterocycles. The summed E-state index contributed by atoms with van der Waals surface area (Å²) in [6.45, 7) is 8.42. The largest absolute Gasteiger partial charge is 0.454 e. The van der Waals surface area contributed by atoms with E-state index in [1.165, 1.54) is 4.90 Å². The summed E-state index contributed by atoms with van der Waals surface area (Å²) < 4.78 is 10.7. The van der Waals surface area contributed by atoms with Gasteiger partial charge in [0.25, 0.3) is 5.91 Å². The fourth-order valence-electron chi connectivity index (χ4n) is 4.89. The van der Waals surface area contributed by atoms with E-state index in [1.807, 2.05) is 74.2 Å². The van der Waals surface area contributed by atoms with E-state index >= 15 is 0 Å². The molecule has 1 saturated heterocycles. The van der Waals surface area contributed by atoms with E-state index in [2.05, 4.69) is 15.5 Å². The van der Waals surface area contributed by atoms with Gasteiger partial charge in [0.05, 0.1) is 0 Å². The molecule has 0 saturated carbocycles. The van der Waals surface area contributed by atoms with Crippen molar-refractivity contribution in [1.82, 2.24) is 9.80 Å². The molecule has 5 rings (SSSR count). The van der Waals surface area contributed by atoms with Crippen molar-refractivity contribution in [2.75, 3.05) is 55.1 Å². The number of nitrogens with zero attached hydrogens (tertiary/aromatic N) is 3. The molecule has 0 spiro atoms. The van der Waals surface area contributed by atoms with Crippen LogP contribution in [0.5, 0.6) is 11.5 Å². The lowest BCUT2D eigenvalue weighted by molar-refractivity contribution is -0.117. The van der Waals surface area contributed by atoms with Gasteiger partial charge in [0.2, 0.25) is 12.7 Å². The van der Waals surface area contributed by atoms with Crippen molar-refractivity contribution in [2.45, 2.75) is 26.8 Å². The van der Waals surface area contributed by atoms with Crippen LogP contribution in [0.25, 0.3) is 0 Å². The van der Waals surface area contributed by atoms with E-state index in [0.717, 1.165) is 16.9 Å². The van der Waals surface area contributed by atoms with Crippen LogP contribution in [0, 0.1) is 6.92 Å². The maximum atomic E-state index is 13.2. The molecular formula is C31H35N5O5. The first-order valence-electron chi connectivity index (χ1n) is 13.7. The van der Waals surface area contributed by atoms with E-state index in [0.29, 0.717) is 48.9 Å². The average molecular weight is 558 g/mol. The highest BCUT2D eigenvalue weighted by atomic mass is 16.7. The number of aryl methyl sites for hydroxylation is 1. The predicted molar refractivity (Wildman–Crippen MR) is 158 cm³/mol. The summed E-state index contributed by atoms with van der Waals surface area (Å²) in [5.74, 6) is 0.588. The Morgan fingerprint density at radius 1 is 0.854 bits per heavy atom. The van der Waals surface area contributed by atoms with Crippen molar-refractivity contribution in [2.24, 2.45) is 0 Å². The Kier molecular flexibility index (Phi) is 8.28. The smallest absolute Gasteiger partial charge is 0.321 e. The van der Waals surface area contributed by atoms with Gasteiger partial charge in [-0.1, -0.05) is 12.1 Å². The van der Waals surface area contributed by atoms with Crippen LogP contribution in [0.2, 0.25) is 0 Å². The second kappa shape index (κ2) is 12.2. The zero-order valence-electron chi connectivity index (χ0n) is 23.6. The Morgan fingerprint density at radius 3 is 2.29 bits per heavy atom. The van der Waals surface area contributed by atoms with E-state index in [4.69, 9.17) is 9.47 Å². The van der Waals surface area contributed by atoms with Gasteiger partial charge in [-0.2, -0.15) is 0 Å². The third-order valence-electron chi connectivity index (χ3n) is 7.17. The molecule has 4 amide bonds. The van der Waals surface area contributed by atoms with Gasteiger partial charge in [-0.3, -0.25) is 9.59 Å². The van der Waals surface area contributed by atoms with E-state index < -0.39 is 0 Å². The lowest BCUT2D eigenvalue weighted by Gasteiger charge is -2.36. The van der Waals surface area contributed by atoms with E-state index in [1.54, 1.807) is 18.2 Å². The highest BCUT2D eigenvalue weighted by molar-refractivity contribution is 6.00. The molecule has 2 heterocycles. The van der Waals surface area contributed by atoms with Crippen LogP contribution in [0.15, 0.2) is 66.7 Å². The van der Waals surface area contributed by atoms with Gasteiger partial charge in [-0.25, -0.2) is 4.79 Å². The number of carbonyl (C=O) groups is 3. The SMILES string of the molecule is Cc1cccc(NC(=O)N2CCN(c3ccc(NC(=O)CN(C(=O)c4ccc5c(c4)OCO5)C(C)C)cc3)CC2)c1. The number of hydrogen-bond acceptors (Lipinski definition) is 6. The van der Waals surface area contributed by atoms with Crippen molar-refractivity contribution >= 4 is 34.9 Å². The number of fused-ring (bicyclic) bond motifs is 1. The average Bonchev–Trinajstić information content (AvgIpc) is 3.44. The first-order valence-corrected chi connectivity index (χ1v) is 13.7. The number of piperazine rings is 1. The molecule has 2 aliphatic heterocycles. The standard InChI is InChI=1S/C31H35N5O5/c1-21(2)36(30(38)23-7-12-27-28(18-23)41-20-40-27)19-29(37)32-24-8-10-26(11-9-24)34-13-15-35(16-14-34)31(39)33-25-6-4-5-22(3)17-25/h4-12,17-18,21H,13-16,19-20H2,1-3H3,(H,32,37)(H,33,39). The first-order chi connectivity index (χ1) is 19.8. The summed E-state index contributed by atoms with van der Waals surface area (Å²) >= 11 is 0. The lowest BCUT2D eigenvalue weighted by Crippen LogP contribution is -2.50. The zero-order chi connectivity index (χ0) is 28.9. The number of amides is 4. The number of benzene rings is 3. The summed E-state index contributed by atoms with van der Waals surface area (Å²) in [5.41, 5.74) is 3.99. The minimum absolute atomic E-state index is 0.0841. The second-order valence-electron chi connectivity index (χ2n) is 10.5. The van der Waals surface area contributed by atoms with Crippen molar-refractivity contribution in [3.63, 3.8) is 0 Å². The van der Waals surface area contributed by atoms with Gasteiger partial charge in [0, 0.05) is 54.8 Å². The van der Waals surface area contributed by atoms with Crippen LogP contribution >= 0.6 is 0 Å². The number of ether oxygens (including phenoxy) is 2. The molecule has 2 aliphatic rings. The Morgan fingerprint density at radius 2 is 1.59 bits per heavy atom. The second-order valence-corrected chi connectivity index (χ2v) is 10.5. The molecule has 1 fully saturated rings. The minimum Gasteiger partial charge on any atom is -0.454 e. The van der Waals surface area contributed by atoms with Crippen LogP contribution in [0.3, 0.4) is 0 Å². The van der Waals surface area contributed by atoms with Crippen LogP contribution < -0.4 is 25.0 Å². The Labute approximate surface area is 239 Å². The van der Waals surface area contributed by atoms with Gasteiger partial charge >= 0.3 is 6.03 Å². The van der Waals surface area contributed by atoms with Gasteiger partial charge in [0.1, 0.15) is 6.54 Å². The highest BCUT2D eigenvalue weighted by Crippen LogP contribution is 2.33. The van der Waals surface area contributed by atoms with Crippen LogP contribution in [0.1, 0.15) is 29.8 Å². The van der Waals surface area contributed by atoms with Gasteiger partial charge in [0.15, 0.2) is 11.5 Å². The van der Waals surface area contributed by atoms with E-state index in [9.17, 15) is 14.4 Å². The molecule has 0 unspecified atom stereocenters. The number of hydrogen-bond donors (Lipinski definition) is 2. The highest BCUT2D eigenvalue weighted by Gasteiger charge is 2.25. The molecule has 41 heavy (non-hydrogen) atoms. The third kappa shape index (κ3) is 6.71. The quantitative estimate of drug-likeness (QED) is 0.441. The molecule has 0 atom stereocenters. The molecule has 10 nitrogen and oxygen atoms in total.